The maximum atomic E-state index is 6.22. The van der Waals surface area contributed by atoms with E-state index in [1.54, 1.807) is 0 Å². The first-order chi connectivity index (χ1) is 14.7. The van der Waals surface area contributed by atoms with Crippen molar-refractivity contribution in [1.29, 1.82) is 0 Å². The van der Waals surface area contributed by atoms with E-state index in [1.165, 1.54) is 37.7 Å². The average Bonchev–Trinajstić information content (AvgIpc) is 2.80. The Labute approximate surface area is 204 Å². The smallest absolute Gasteiger partial charge is 0.122 e. The van der Waals surface area contributed by atoms with Crippen LogP contribution in [0.25, 0.3) is 0 Å². The Bertz CT molecular complexity index is 548. The normalized spacial score (nSPS) is 12.6. The van der Waals surface area contributed by atoms with E-state index in [9.17, 15) is 0 Å². The fraction of sp³-hybridized carbons (Fsp3) is 0.556. The van der Waals surface area contributed by atoms with Gasteiger partial charge in [-0.2, -0.15) is 0 Å². The monoisotopic (exact) mass is 468 g/mol. The lowest BCUT2D eigenvalue weighted by molar-refractivity contribution is -0.207. The minimum atomic E-state index is 0. The van der Waals surface area contributed by atoms with Crippen LogP contribution in [0.5, 0.6) is 0 Å². The standard InChI is InChI=1S/C15H23NO.C6H6.C4H11N.C2H6.ClH.H2O/c1-3-16(4-2)15(11-8-12-15)17-13-14-9-6-5-7-10-14;1-2-4-6-5-3-1;1-2-3-4-5;1-2;;/h5-7,9-10H,3-4,8,11-13H2,1-2H3;1-6H;2-5H2,1H3;1-2H3;1H;1H2. The van der Waals surface area contributed by atoms with Crippen molar-refractivity contribution >= 4 is 12.4 Å². The van der Waals surface area contributed by atoms with Crippen LogP contribution < -0.4 is 5.73 Å². The quantitative estimate of drug-likeness (QED) is 0.450. The molecule has 0 saturated heterocycles. The van der Waals surface area contributed by atoms with Gasteiger partial charge in [0.2, 0.25) is 0 Å². The number of halogens is 1. The van der Waals surface area contributed by atoms with Crippen molar-refractivity contribution in [3.8, 4) is 0 Å². The Morgan fingerprint density at radius 1 is 0.844 bits per heavy atom. The highest BCUT2D eigenvalue weighted by molar-refractivity contribution is 5.85. The zero-order chi connectivity index (χ0) is 22.5. The second-order valence-corrected chi connectivity index (χ2v) is 7.04. The highest BCUT2D eigenvalue weighted by atomic mass is 35.5. The summed E-state index contributed by atoms with van der Waals surface area (Å²) in [7, 11) is 0. The van der Waals surface area contributed by atoms with Crippen molar-refractivity contribution in [3.63, 3.8) is 0 Å². The molecule has 1 aliphatic carbocycles. The number of benzene rings is 2. The molecule has 4 nitrogen and oxygen atoms in total. The third-order valence-electron chi connectivity index (χ3n) is 5.05. The van der Waals surface area contributed by atoms with Crippen LogP contribution in [0.4, 0.5) is 0 Å². The van der Waals surface area contributed by atoms with Crippen LogP contribution in [0.2, 0.25) is 0 Å². The summed E-state index contributed by atoms with van der Waals surface area (Å²) in [4.78, 5) is 2.46. The molecule has 0 amide bonds. The average molecular weight is 469 g/mol. The number of ether oxygens (including phenoxy) is 1. The molecule has 0 bridgehead atoms. The van der Waals surface area contributed by atoms with Gasteiger partial charge in [-0.05, 0) is 50.9 Å². The molecule has 2 aromatic rings. The van der Waals surface area contributed by atoms with E-state index in [0.29, 0.717) is 0 Å². The van der Waals surface area contributed by atoms with Gasteiger partial charge in [0, 0.05) is 0 Å². The van der Waals surface area contributed by atoms with Crippen molar-refractivity contribution in [2.45, 2.75) is 79.1 Å². The van der Waals surface area contributed by atoms with Crippen molar-refractivity contribution in [2.75, 3.05) is 19.6 Å². The minimum absolute atomic E-state index is 0. The first-order valence-electron chi connectivity index (χ1n) is 11.8. The number of rotatable bonds is 8. The van der Waals surface area contributed by atoms with E-state index in [0.717, 1.165) is 26.2 Å². The van der Waals surface area contributed by atoms with Crippen molar-refractivity contribution < 1.29 is 10.2 Å². The van der Waals surface area contributed by atoms with E-state index in [1.807, 2.05) is 56.3 Å². The van der Waals surface area contributed by atoms with Crippen LogP contribution in [0.3, 0.4) is 0 Å². The molecular weight excluding hydrogens is 420 g/mol. The fourth-order valence-electron chi connectivity index (χ4n) is 3.21. The van der Waals surface area contributed by atoms with E-state index in [-0.39, 0.29) is 23.6 Å². The van der Waals surface area contributed by atoms with Gasteiger partial charge < -0.3 is 15.9 Å². The summed E-state index contributed by atoms with van der Waals surface area (Å²) in [6, 6.07) is 22.5. The van der Waals surface area contributed by atoms with E-state index in [4.69, 9.17) is 10.5 Å². The third kappa shape index (κ3) is 14.6. The van der Waals surface area contributed by atoms with Gasteiger partial charge in [-0.3, -0.25) is 4.90 Å². The van der Waals surface area contributed by atoms with Crippen LogP contribution in [0, 0.1) is 0 Å². The molecular formula is C27H49ClN2O2. The number of nitrogens with zero attached hydrogens (tertiary/aromatic N) is 1. The lowest BCUT2D eigenvalue weighted by atomic mass is 9.86. The molecule has 186 valence electrons. The van der Waals surface area contributed by atoms with Gasteiger partial charge in [0.25, 0.3) is 0 Å². The lowest BCUT2D eigenvalue weighted by Gasteiger charge is -2.49. The summed E-state index contributed by atoms with van der Waals surface area (Å²) < 4.78 is 6.22. The predicted molar refractivity (Wildman–Crippen MR) is 143 cm³/mol. The van der Waals surface area contributed by atoms with Crippen molar-refractivity contribution in [2.24, 2.45) is 5.73 Å². The lowest BCUT2D eigenvalue weighted by Crippen LogP contribution is -2.55. The molecule has 0 aromatic heterocycles. The van der Waals surface area contributed by atoms with Gasteiger partial charge in [0.05, 0.1) is 6.61 Å². The molecule has 2 aromatic carbocycles. The first-order valence-corrected chi connectivity index (χ1v) is 11.8. The predicted octanol–water partition coefficient (Wildman–Crippen LogP) is 6.48. The number of hydrogen-bond donors (Lipinski definition) is 1. The van der Waals surface area contributed by atoms with E-state index < -0.39 is 0 Å². The first kappa shape index (κ1) is 35.2. The molecule has 5 heteroatoms. The highest BCUT2D eigenvalue weighted by Gasteiger charge is 2.42. The molecule has 0 radical (unpaired) electrons. The van der Waals surface area contributed by atoms with Crippen molar-refractivity contribution in [1.82, 2.24) is 4.90 Å². The zero-order valence-electron chi connectivity index (χ0n) is 21.1. The van der Waals surface area contributed by atoms with Crippen molar-refractivity contribution in [3.05, 3.63) is 72.3 Å². The van der Waals surface area contributed by atoms with Crippen LogP contribution in [0.15, 0.2) is 66.7 Å². The summed E-state index contributed by atoms with van der Waals surface area (Å²) in [5.41, 5.74) is 6.44. The van der Waals surface area contributed by atoms with E-state index >= 15 is 0 Å². The topological polar surface area (TPSA) is 70.0 Å². The third-order valence-corrected chi connectivity index (χ3v) is 5.05. The van der Waals surface area contributed by atoms with Gasteiger partial charge >= 0.3 is 0 Å². The fourth-order valence-corrected chi connectivity index (χ4v) is 3.21. The summed E-state index contributed by atoms with van der Waals surface area (Å²) in [5, 5.41) is 0. The number of hydrogen-bond acceptors (Lipinski definition) is 3. The molecule has 0 atom stereocenters. The molecule has 1 aliphatic rings. The summed E-state index contributed by atoms with van der Waals surface area (Å²) in [6.45, 7) is 14.3. The molecule has 1 saturated carbocycles. The van der Waals surface area contributed by atoms with Gasteiger partial charge in [-0.15, -0.1) is 12.4 Å². The molecule has 0 spiro atoms. The van der Waals surface area contributed by atoms with Gasteiger partial charge in [-0.25, -0.2) is 0 Å². The summed E-state index contributed by atoms with van der Waals surface area (Å²) >= 11 is 0. The second-order valence-electron chi connectivity index (χ2n) is 7.04. The van der Waals surface area contributed by atoms with Gasteiger partial charge in [0.15, 0.2) is 0 Å². The molecule has 0 unspecified atom stereocenters. The largest absolute Gasteiger partial charge is 0.412 e. The van der Waals surface area contributed by atoms with Crippen LogP contribution in [0.1, 0.15) is 72.3 Å². The molecule has 1 fully saturated rings. The molecule has 3 rings (SSSR count). The molecule has 32 heavy (non-hydrogen) atoms. The molecule has 0 aliphatic heterocycles. The number of unbranched alkanes of at least 4 members (excludes halogenated alkanes) is 1. The Morgan fingerprint density at radius 2 is 1.28 bits per heavy atom. The highest BCUT2D eigenvalue weighted by Crippen LogP contribution is 2.39. The van der Waals surface area contributed by atoms with Crippen LogP contribution in [-0.2, 0) is 11.3 Å². The Kier molecular flexibility index (Phi) is 26.6. The maximum absolute atomic E-state index is 6.22. The summed E-state index contributed by atoms with van der Waals surface area (Å²) in [6.07, 6.45) is 6.05. The minimum Gasteiger partial charge on any atom is -0.412 e. The summed E-state index contributed by atoms with van der Waals surface area (Å²) in [5.74, 6) is 0. The Balaban J connectivity index is -0.000000468. The van der Waals surface area contributed by atoms with Gasteiger partial charge in [-0.1, -0.05) is 108 Å². The zero-order valence-corrected chi connectivity index (χ0v) is 21.9. The second kappa shape index (κ2) is 24.2. The molecule has 0 heterocycles. The van der Waals surface area contributed by atoms with Gasteiger partial charge in [0.1, 0.15) is 5.72 Å². The van der Waals surface area contributed by atoms with Crippen LogP contribution in [-0.4, -0.2) is 35.7 Å². The Morgan fingerprint density at radius 3 is 1.56 bits per heavy atom. The maximum Gasteiger partial charge on any atom is 0.122 e. The van der Waals surface area contributed by atoms with Crippen LogP contribution >= 0.6 is 12.4 Å². The van der Waals surface area contributed by atoms with E-state index in [2.05, 4.69) is 49.9 Å². The number of nitrogens with two attached hydrogens (primary N) is 1. The molecule has 4 N–H and O–H groups in total. The SMILES string of the molecule is CC.CCCCN.CCN(CC)C1(OCc2ccccc2)CCC1.Cl.O.c1ccccc1. The Hall–Kier alpha value is -1.43.